The maximum absolute atomic E-state index is 13.2. The van der Waals surface area contributed by atoms with Gasteiger partial charge in [0.1, 0.15) is 5.82 Å². The van der Waals surface area contributed by atoms with Crippen LogP contribution in [0, 0.1) is 11.7 Å². The van der Waals surface area contributed by atoms with Crippen LogP contribution in [0.1, 0.15) is 18.4 Å². The molecular weight excluding hydrogens is 391 g/mol. The molecule has 9 nitrogen and oxygen atoms in total. The first-order valence-electron chi connectivity index (χ1n) is 9.73. The largest absolute Gasteiger partial charge is 0.369 e. The zero-order valence-electron chi connectivity index (χ0n) is 16.8. The lowest BCUT2D eigenvalue weighted by Gasteiger charge is -2.31. The minimum atomic E-state index is -0.492. The number of anilines is 1. The Morgan fingerprint density at radius 3 is 2.37 bits per heavy atom. The quantitative estimate of drug-likeness (QED) is 0.662. The number of fused-ring (bicyclic) bond motifs is 1. The topological polar surface area (TPSA) is 108 Å². The fraction of sp³-hybridized carbons (Fsp3) is 0.400. The van der Waals surface area contributed by atoms with Crippen molar-refractivity contribution in [2.75, 3.05) is 18.0 Å². The summed E-state index contributed by atoms with van der Waals surface area (Å²) in [4.78, 5) is 44.0. The number of hydrogen-bond acceptors (Lipinski definition) is 5. The van der Waals surface area contributed by atoms with Gasteiger partial charge in [-0.3, -0.25) is 18.7 Å². The number of piperidine rings is 1. The van der Waals surface area contributed by atoms with E-state index in [1.807, 2.05) is 4.90 Å². The Bertz CT molecular complexity index is 1230. The molecule has 10 heteroatoms. The Balaban J connectivity index is 1.76. The van der Waals surface area contributed by atoms with Crippen molar-refractivity contribution < 1.29 is 9.18 Å². The molecule has 2 N–H and O–H groups in total. The smallest absolute Gasteiger partial charge is 0.332 e. The molecule has 1 aromatic carbocycles. The molecule has 1 aliphatic heterocycles. The monoisotopic (exact) mass is 414 g/mol. The number of halogens is 1. The minimum absolute atomic E-state index is 0.0340. The SMILES string of the molecule is Cn1c(N2CCC(C(N)=O)CC2)nc2c1c(=O)n(Cc1ccc(F)cc1)c(=O)n2C. The van der Waals surface area contributed by atoms with Crippen molar-refractivity contribution in [1.82, 2.24) is 18.7 Å². The number of carbonyl (C=O) groups excluding carboxylic acids is 1. The average Bonchev–Trinajstić information content (AvgIpc) is 3.08. The van der Waals surface area contributed by atoms with E-state index in [4.69, 9.17) is 5.73 Å². The van der Waals surface area contributed by atoms with Crippen molar-refractivity contribution in [1.29, 1.82) is 0 Å². The van der Waals surface area contributed by atoms with Crippen molar-refractivity contribution in [3.05, 3.63) is 56.5 Å². The number of aryl methyl sites for hydroxylation is 2. The van der Waals surface area contributed by atoms with Crippen LogP contribution >= 0.6 is 0 Å². The van der Waals surface area contributed by atoms with Gasteiger partial charge in [-0.1, -0.05) is 12.1 Å². The fourth-order valence-corrected chi connectivity index (χ4v) is 3.99. The minimum Gasteiger partial charge on any atom is -0.369 e. The Hall–Kier alpha value is -3.43. The zero-order chi connectivity index (χ0) is 21.6. The lowest BCUT2D eigenvalue weighted by molar-refractivity contribution is -0.122. The van der Waals surface area contributed by atoms with E-state index >= 15 is 0 Å². The number of primary amides is 1. The molecule has 30 heavy (non-hydrogen) atoms. The highest BCUT2D eigenvalue weighted by Gasteiger charge is 2.27. The van der Waals surface area contributed by atoms with E-state index in [9.17, 15) is 18.8 Å². The van der Waals surface area contributed by atoms with Crippen LogP contribution in [0.3, 0.4) is 0 Å². The molecule has 4 rings (SSSR count). The van der Waals surface area contributed by atoms with Gasteiger partial charge in [0, 0.05) is 33.1 Å². The third-order valence-corrected chi connectivity index (χ3v) is 5.77. The maximum atomic E-state index is 13.2. The summed E-state index contributed by atoms with van der Waals surface area (Å²) >= 11 is 0. The summed E-state index contributed by atoms with van der Waals surface area (Å²) < 4.78 is 17.3. The third-order valence-electron chi connectivity index (χ3n) is 5.77. The summed E-state index contributed by atoms with van der Waals surface area (Å²) in [5, 5.41) is 0. The fourth-order valence-electron chi connectivity index (χ4n) is 3.99. The van der Waals surface area contributed by atoms with E-state index in [0.717, 1.165) is 4.57 Å². The second-order valence-electron chi connectivity index (χ2n) is 7.67. The Morgan fingerprint density at radius 1 is 1.13 bits per heavy atom. The third kappa shape index (κ3) is 3.27. The summed E-state index contributed by atoms with van der Waals surface area (Å²) in [7, 11) is 3.31. The summed E-state index contributed by atoms with van der Waals surface area (Å²) in [6.45, 7) is 1.21. The van der Waals surface area contributed by atoms with E-state index in [0.29, 0.717) is 48.6 Å². The van der Waals surface area contributed by atoms with Crippen LogP contribution in [0.5, 0.6) is 0 Å². The Morgan fingerprint density at radius 2 is 1.77 bits per heavy atom. The Labute approximate surface area is 171 Å². The highest BCUT2D eigenvalue weighted by molar-refractivity contribution is 5.77. The molecule has 1 saturated heterocycles. The van der Waals surface area contributed by atoms with Crippen LogP contribution in [0.4, 0.5) is 10.3 Å². The lowest BCUT2D eigenvalue weighted by atomic mass is 9.96. The second kappa shape index (κ2) is 7.43. The predicted molar refractivity (Wildman–Crippen MR) is 110 cm³/mol. The van der Waals surface area contributed by atoms with Crippen molar-refractivity contribution in [2.45, 2.75) is 19.4 Å². The number of aromatic nitrogens is 4. The number of nitrogens with zero attached hydrogens (tertiary/aromatic N) is 5. The van der Waals surface area contributed by atoms with Gasteiger partial charge >= 0.3 is 5.69 Å². The van der Waals surface area contributed by atoms with Gasteiger partial charge < -0.3 is 15.2 Å². The summed E-state index contributed by atoms with van der Waals surface area (Å²) in [6.07, 6.45) is 1.23. The van der Waals surface area contributed by atoms with Crippen molar-refractivity contribution >= 4 is 23.0 Å². The lowest BCUT2D eigenvalue weighted by Crippen LogP contribution is -2.40. The molecule has 3 heterocycles. The molecule has 0 spiro atoms. The van der Waals surface area contributed by atoms with Gasteiger partial charge in [0.15, 0.2) is 11.2 Å². The summed E-state index contributed by atoms with van der Waals surface area (Å²) in [5.74, 6) is -0.274. The summed E-state index contributed by atoms with van der Waals surface area (Å²) in [5.41, 5.74) is 5.72. The molecule has 3 aromatic rings. The number of rotatable bonds is 4. The predicted octanol–water partition coefficient (Wildman–Crippen LogP) is 0.323. The highest BCUT2D eigenvalue weighted by Crippen LogP contribution is 2.24. The van der Waals surface area contributed by atoms with Gasteiger partial charge in [-0.05, 0) is 30.5 Å². The molecule has 158 valence electrons. The van der Waals surface area contributed by atoms with Gasteiger partial charge in [-0.2, -0.15) is 4.98 Å². The normalized spacial score (nSPS) is 15.1. The number of hydrogen-bond donors (Lipinski definition) is 1. The van der Waals surface area contributed by atoms with Crippen LogP contribution in [0.2, 0.25) is 0 Å². The second-order valence-corrected chi connectivity index (χ2v) is 7.67. The van der Waals surface area contributed by atoms with E-state index < -0.39 is 11.2 Å². The van der Waals surface area contributed by atoms with Crippen molar-refractivity contribution in [3.63, 3.8) is 0 Å². The van der Waals surface area contributed by atoms with Gasteiger partial charge in [0.25, 0.3) is 5.56 Å². The standard InChI is InChI=1S/C20H23FN6O3/c1-24-15-17(23-19(24)26-9-7-13(8-10-26)16(22)28)25(2)20(30)27(18(15)29)11-12-3-5-14(21)6-4-12/h3-6,13H,7-11H2,1-2H3,(H2,22,28). The molecule has 0 radical (unpaired) electrons. The number of amides is 1. The van der Waals surface area contributed by atoms with Crippen molar-refractivity contribution in [2.24, 2.45) is 25.7 Å². The molecule has 1 fully saturated rings. The van der Waals surface area contributed by atoms with E-state index in [2.05, 4.69) is 4.98 Å². The maximum Gasteiger partial charge on any atom is 0.332 e. The molecule has 0 bridgehead atoms. The van der Waals surface area contributed by atoms with Crippen LogP contribution in [-0.4, -0.2) is 37.7 Å². The first-order valence-corrected chi connectivity index (χ1v) is 9.73. The van der Waals surface area contributed by atoms with E-state index in [1.165, 1.54) is 16.7 Å². The molecular formula is C20H23FN6O3. The van der Waals surface area contributed by atoms with Crippen LogP contribution < -0.4 is 21.9 Å². The first kappa shape index (κ1) is 19.9. The van der Waals surface area contributed by atoms with Gasteiger partial charge in [-0.25, -0.2) is 9.18 Å². The van der Waals surface area contributed by atoms with Gasteiger partial charge in [-0.15, -0.1) is 0 Å². The Kier molecular flexibility index (Phi) is 4.92. The molecule has 0 atom stereocenters. The summed E-state index contributed by atoms with van der Waals surface area (Å²) in [6, 6.07) is 5.68. The average molecular weight is 414 g/mol. The van der Waals surface area contributed by atoms with Crippen molar-refractivity contribution in [3.8, 4) is 0 Å². The molecule has 2 aromatic heterocycles. The number of carbonyl (C=O) groups is 1. The molecule has 0 aliphatic carbocycles. The molecule has 0 unspecified atom stereocenters. The van der Waals surface area contributed by atoms with E-state index in [1.54, 1.807) is 30.8 Å². The first-order chi connectivity index (χ1) is 14.3. The molecule has 1 amide bonds. The van der Waals surface area contributed by atoms with Crippen LogP contribution in [0.25, 0.3) is 11.2 Å². The van der Waals surface area contributed by atoms with Gasteiger partial charge in [0.05, 0.1) is 6.54 Å². The number of nitrogens with two attached hydrogens (primary N) is 1. The zero-order valence-corrected chi connectivity index (χ0v) is 16.8. The number of benzene rings is 1. The van der Waals surface area contributed by atoms with Crippen LogP contribution in [-0.2, 0) is 25.4 Å². The van der Waals surface area contributed by atoms with E-state index in [-0.39, 0.29) is 24.2 Å². The number of imidazole rings is 1. The highest BCUT2D eigenvalue weighted by atomic mass is 19.1. The van der Waals surface area contributed by atoms with Crippen LogP contribution in [0.15, 0.2) is 33.9 Å². The molecule has 0 saturated carbocycles. The van der Waals surface area contributed by atoms with Gasteiger partial charge in [0.2, 0.25) is 11.9 Å². The molecule has 1 aliphatic rings.